The molecule has 0 fully saturated rings. The van der Waals surface area contributed by atoms with Gasteiger partial charge in [0.05, 0.1) is 18.4 Å². The van der Waals surface area contributed by atoms with Crippen molar-refractivity contribution in [1.29, 1.82) is 0 Å². The molecule has 1 aromatic heterocycles. The number of carbonyl (C=O) groups is 3. The maximum absolute atomic E-state index is 12.0. The summed E-state index contributed by atoms with van der Waals surface area (Å²) in [6, 6.07) is 7.71. The summed E-state index contributed by atoms with van der Waals surface area (Å²) in [7, 11) is 0. The fourth-order valence-electron chi connectivity index (χ4n) is 1.95. The lowest BCUT2D eigenvalue weighted by atomic mass is 10.2. The first-order valence-electron chi connectivity index (χ1n) is 7.29. The molecule has 1 aromatic carbocycles. The average Bonchev–Trinajstić information content (AvgIpc) is 3.01. The Bertz CT molecular complexity index is 732. The minimum Gasteiger partial charge on any atom is -0.465 e. The van der Waals surface area contributed by atoms with Crippen LogP contribution < -0.4 is 5.32 Å². The van der Waals surface area contributed by atoms with Crippen LogP contribution in [-0.4, -0.2) is 24.5 Å². The van der Waals surface area contributed by atoms with E-state index in [-0.39, 0.29) is 30.4 Å². The number of amides is 1. The molecule has 7 heteroatoms. The van der Waals surface area contributed by atoms with E-state index in [0.29, 0.717) is 11.3 Å². The van der Waals surface area contributed by atoms with Crippen LogP contribution in [0.25, 0.3) is 0 Å². The number of rotatable bonds is 6. The first-order chi connectivity index (χ1) is 11.5. The number of anilines is 1. The number of hydrogen-bond donors (Lipinski definition) is 1. The Morgan fingerprint density at radius 3 is 2.38 bits per heavy atom. The molecule has 0 saturated heterocycles. The molecule has 24 heavy (non-hydrogen) atoms. The van der Waals surface area contributed by atoms with Gasteiger partial charge in [0.15, 0.2) is 12.4 Å². The van der Waals surface area contributed by atoms with E-state index in [1.807, 2.05) is 0 Å². The lowest BCUT2D eigenvalue weighted by Crippen LogP contribution is -2.10. The van der Waals surface area contributed by atoms with Gasteiger partial charge in [-0.05, 0) is 37.3 Å². The number of benzene rings is 1. The normalized spacial score (nSPS) is 10.1. The summed E-state index contributed by atoms with van der Waals surface area (Å²) >= 11 is 0. The molecule has 0 aliphatic carbocycles. The molecule has 0 unspecified atom stereocenters. The zero-order chi connectivity index (χ0) is 17.5. The van der Waals surface area contributed by atoms with E-state index in [0.717, 1.165) is 0 Å². The third-order valence-electron chi connectivity index (χ3n) is 3.02. The average molecular weight is 331 g/mol. The largest absolute Gasteiger partial charge is 0.465 e. The van der Waals surface area contributed by atoms with Crippen LogP contribution in [0.1, 0.15) is 40.3 Å². The van der Waals surface area contributed by atoms with Crippen LogP contribution in [0.3, 0.4) is 0 Å². The van der Waals surface area contributed by atoms with E-state index in [4.69, 9.17) is 13.9 Å². The number of carbonyl (C=O) groups excluding carboxylic acids is 3. The molecule has 2 rings (SSSR count). The van der Waals surface area contributed by atoms with Gasteiger partial charge in [-0.15, -0.1) is 0 Å². The highest BCUT2D eigenvalue weighted by Gasteiger charge is 2.17. The van der Waals surface area contributed by atoms with Gasteiger partial charge in [-0.2, -0.15) is 0 Å². The molecule has 1 N–H and O–H groups in total. The van der Waals surface area contributed by atoms with Crippen molar-refractivity contribution in [2.24, 2.45) is 0 Å². The first-order valence-corrected chi connectivity index (χ1v) is 7.29. The molecule has 0 atom stereocenters. The molecule has 0 saturated carbocycles. The van der Waals surface area contributed by atoms with Gasteiger partial charge in [0.25, 0.3) is 0 Å². The maximum atomic E-state index is 12.0. The standard InChI is InChI=1S/C17H17NO6/c1-3-22-17(21)14-8-9-23-15(14)10-24-16(20)12-4-6-13(7-5-12)18-11(2)19/h4-9H,3,10H2,1-2H3,(H,18,19). The zero-order valence-electron chi connectivity index (χ0n) is 13.3. The highest BCUT2D eigenvalue weighted by Crippen LogP contribution is 2.15. The van der Waals surface area contributed by atoms with Crippen LogP contribution in [0, 0.1) is 0 Å². The van der Waals surface area contributed by atoms with Gasteiger partial charge in [-0.3, -0.25) is 4.79 Å². The highest BCUT2D eigenvalue weighted by molar-refractivity contribution is 5.92. The zero-order valence-corrected chi connectivity index (χ0v) is 13.3. The molecule has 0 aliphatic heterocycles. The smallest absolute Gasteiger partial charge is 0.341 e. The number of ether oxygens (including phenoxy) is 2. The van der Waals surface area contributed by atoms with E-state index in [1.54, 1.807) is 19.1 Å². The van der Waals surface area contributed by atoms with Crippen molar-refractivity contribution in [1.82, 2.24) is 0 Å². The van der Waals surface area contributed by atoms with E-state index in [1.165, 1.54) is 31.4 Å². The summed E-state index contributed by atoms with van der Waals surface area (Å²) in [6.45, 7) is 3.15. The van der Waals surface area contributed by atoms with Gasteiger partial charge in [-0.25, -0.2) is 9.59 Å². The lowest BCUT2D eigenvalue weighted by Gasteiger charge is -2.06. The van der Waals surface area contributed by atoms with Crippen LogP contribution in [0.4, 0.5) is 5.69 Å². The molecular formula is C17H17NO6. The van der Waals surface area contributed by atoms with Gasteiger partial charge in [-0.1, -0.05) is 0 Å². The van der Waals surface area contributed by atoms with E-state index >= 15 is 0 Å². The van der Waals surface area contributed by atoms with Crippen molar-refractivity contribution in [2.45, 2.75) is 20.5 Å². The summed E-state index contributed by atoms with van der Waals surface area (Å²) in [4.78, 5) is 34.7. The Hall–Kier alpha value is -3.09. The predicted octanol–water partition coefficient (Wildman–Crippen LogP) is 2.77. The van der Waals surface area contributed by atoms with Crippen LogP contribution in [-0.2, 0) is 20.9 Å². The van der Waals surface area contributed by atoms with Crippen LogP contribution in [0.2, 0.25) is 0 Å². The van der Waals surface area contributed by atoms with E-state index in [2.05, 4.69) is 5.32 Å². The molecule has 2 aromatic rings. The number of furan rings is 1. The summed E-state index contributed by atoms with van der Waals surface area (Å²) in [6.07, 6.45) is 1.33. The first kappa shape index (κ1) is 17.3. The number of hydrogen-bond acceptors (Lipinski definition) is 6. The van der Waals surface area contributed by atoms with Crippen molar-refractivity contribution in [3.63, 3.8) is 0 Å². The minimum absolute atomic E-state index is 0.187. The van der Waals surface area contributed by atoms with E-state index < -0.39 is 11.9 Å². The topological polar surface area (TPSA) is 94.8 Å². The summed E-state index contributed by atoms with van der Waals surface area (Å²) < 4.78 is 15.2. The Morgan fingerprint density at radius 1 is 1.04 bits per heavy atom. The Labute approximate surface area is 138 Å². The van der Waals surface area contributed by atoms with Gasteiger partial charge in [0, 0.05) is 12.6 Å². The van der Waals surface area contributed by atoms with Crippen LogP contribution >= 0.6 is 0 Å². The van der Waals surface area contributed by atoms with Gasteiger partial charge < -0.3 is 19.2 Å². The summed E-state index contributed by atoms with van der Waals surface area (Å²) in [5.74, 6) is -1.08. The molecule has 0 bridgehead atoms. The molecule has 0 aliphatic rings. The maximum Gasteiger partial charge on any atom is 0.341 e. The van der Waals surface area contributed by atoms with Crippen molar-refractivity contribution >= 4 is 23.5 Å². The fourth-order valence-corrected chi connectivity index (χ4v) is 1.95. The minimum atomic E-state index is -0.574. The van der Waals surface area contributed by atoms with Crippen molar-refractivity contribution in [2.75, 3.05) is 11.9 Å². The van der Waals surface area contributed by atoms with Crippen molar-refractivity contribution in [3.05, 3.63) is 53.5 Å². The molecular weight excluding hydrogens is 314 g/mol. The van der Waals surface area contributed by atoms with Gasteiger partial charge in [0.1, 0.15) is 5.56 Å². The second kappa shape index (κ2) is 7.96. The highest BCUT2D eigenvalue weighted by atomic mass is 16.5. The van der Waals surface area contributed by atoms with Crippen LogP contribution in [0.15, 0.2) is 41.0 Å². The lowest BCUT2D eigenvalue weighted by molar-refractivity contribution is -0.114. The van der Waals surface area contributed by atoms with Gasteiger partial charge in [0.2, 0.25) is 5.91 Å². The van der Waals surface area contributed by atoms with Crippen molar-refractivity contribution in [3.8, 4) is 0 Å². The van der Waals surface area contributed by atoms with Gasteiger partial charge >= 0.3 is 11.9 Å². The second-order valence-corrected chi connectivity index (χ2v) is 4.81. The molecule has 0 radical (unpaired) electrons. The fraction of sp³-hybridized carbons (Fsp3) is 0.235. The summed E-state index contributed by atoms with van der Waals surface area (Å²) in [5.41, 5.74) is 1.12. The molecule has 1 heterocycles. The SMILES string of the molecule is CCOC(=O)c1ccoc1COC(=O)c1ccc(NC(C)=O)cc1. The third kappa shape index (κ3) is 4.45. The Morgan fingerprint density at radius 2 is 1.75 bits per heavy atom. The summed E-state index contributed by atoms with van der Waals surface area (Å²) in [5, 5.41) is 2.60. The van der Waals surface area contributed by atoms with Crippen LogP contribution in [0.5, 0.6) is 0 Å². The predicted molar refractivity (Wildman–Crippen MR) is 84.5 cm³/mol. The quantitative estimate of drug-likeness (QED) is 0.818. The Kier molecular flexibility index (Phi) is 5.73. The second-order valence-electron chi connectivity index (χ2n) is 4.81. The van der Waals surface area contributed by atoms with Crippen molar-refractivity contribution < 1.29 is 28.3 Å². The monoisotopic (exact) mass is 331 g/mol. The number of nitrogens with one attached hydrogen (secondary N) is 1. The van der Waals surface area contributed by atoms with E-state index in [9.17, 15) is 14.4 Å². The number of esters is 2. The Balaban J connectivity index is 1.97. The molecule has 7 nitrogen and oxygen atoms in total. The molecule has 0 spiro atoms. The molecule has 126 valence electrons. The third-order valence-corrected chi connectivity index (χ3v) is 3.02. The molecule has 1 amide bonds.